The Labute approximate surface area is 273 Å². The molecule has 0 atom stereocenters. The maximum atomic E-state index is 13.2. The Morgan fingerprint density at radius 3 is 2.44 bits per heavy atom. The Hall–Kier alpha value is -5.47. The fraction of sp³-hybridized carbons (Fsp3) is 0.333. The van der Waals surface area contributed by atoms with Gasteiger partial charge in [-0.1, -0.05) is 17.3 Å². The van der Waals surface area contributed by atoms with Crippen molar-refractivity contribution < 1.29 is 37.2 Å². The molecule has 2 aromatic carbocycles. The molecule has 6 bridgehead atoms. The van der Waals surface area contributed by atoms with Crippen LogP contribution in [0.25, 0.3) is 0 Å². The molecular formula is C33H34F3N7O5. The summed E-state index contributed by atoms with van der Waals surface area (Å²) in [5.41, 5.74) is 6.15. The molecule has 252 valence electrons. The van der Waals surface area contributed by atoms with E-state index in [2.05, 4.69) is 49.3 Å². The number of likely N-dealkylation sites (tertiary alicyclic amines) is 1. The summed E-state index contributed by atoms with van der Waals surface area (Å²) in [5, 5.41) is 20.9. The van der Waals surface area contributed by atoms with E-state index in [0.29, 0.717) is 36.9 Å². The summed E-state index contributed by atoms with van der Waals surface area (Å²) in [6.45, 7) is 4.94. The second-order valence-corrected chi connectivity index (χ2v) is 11.7. The lowest BCUT2D eigenvalue weighted by Crippen LogP contribution is -2.39. The first-order valence-electron chi connectivity index (χ1n) is 15.3. The highest BCUT2D eigenvalue weighted by Gasteiger charge is 2.38. The Balaban J connectivity index is 0.000000582. The molecule has 0 saturated carbocycles. The molecule has 4 heterocycles. The number of amides is 2. The van der Waals surface area contributed by atoms with Gasteiger partial charge in [0.15, 0.2) is 5.69 Å². The minimum absolute atomic E-state index is 0.00994. The van der Waals surface area contributed by atoms with Crippen LogP contribution in [0.4, 0.5) is 42.0 Å². The number of hydrogen-bond acceptors (Lipinski definition) is 9. The predicted molar refractivity (Wildman–Crippen MR) is 170 cm³/mol. The van der Waals surface area contributed by atoms with Gasteiger partial charge in [-0.05, 0) is 86.9 Å². The number of carbonyl (C=O) groups excluding carboxylic acids is 2. The van der Waals surface area contributed by atoms with E-state index in [1.807, 2.05) is 31.2 Å². The molecule has 2 aromatic heterocycles. The predicted octanol–water partition coefficient (Wildman–Crippen LogP) is 6.18. The smallest absolute Gasteiger partial charge is 0.475 e. The van der Waals surface area contributed by atoms with Gasteiger partial charge in [0, 0.05) is 54.4 Å². The van der Waals surface area contributed by atoms with Gasteiger partial charge in [0.1, 0.15) is 11.6 Å². The van der Waals surface area contributed by atoms with Gasteiger partial charge in [-0.25, -0.2) is 9.78 Å². The molecule has 4 aromatic rings. The third-order valence-electron chi connectivity index (χ3n) is 7.95. The van der Waals surface area contributed by atoms with Crippen molar-refractivity contribution in [3.63, 3.8) is 0 Å². The molecule has 48 heavy (non-hydrogen) atoms. The van der Waals surface area contributed by atoms with Crippen LogP contribution in [0.15, 0.2) is 59.3 Å². The first kappa shape index (κ1) is 33.9. The van der Waals surface area contributed by atoms with Crippen molar-refractivity contribution in [2.75, 3.05) is 29.0 Å². The number of aliphatic carboxylic acids is 1. The Bertz CT molecular complexity index is 1800. The van der Waals surface area contributed by atoms with Gasteiger partial charge in [0.25, 0.3) is 5.91 Å². The lowest BCUT2D eigenvalue weighted by Gasteiger charge is -2.31. The monoisotopic (exact) mass is 665 g/mol. The molecule has 0 radical (unpaired) electrons. The molecule has 1 fully saturated rings. The minimum atomic E-state index is -5.08. The van der Waals surface area contributed by atoms with Crippen molar-refractivity contribution in [1.29, 1.82) is 0 Å². The fourth-order valence-electron chi connectivity index (χ4n) is 5.41. The van der Waals surface area contributed by atoms with Gasteiger partial charge >= 0.3 is 12.1 Å². The third-order valence-corrected chi connectivity index (χ3v) is 7.95. The fourth-order valence-corrected chi connectivity index (χ4v) is 5.41. The SMILES string of the molecule is Cc1cc(C(=O)N2CCC(CC(=O)Nc3ccc4cc3CCc3cccc(c3)Nc3ncc(C)c(n3)N4)CC2)no1.O=C(O)C(F)(F)F. The maximum absolute atomic E-state index is 13.2. The molecule has 1 saturated heterocycles. The van der Waals surface area contributed by atoms with Crippen LogP contribution in [0.1, 0.15) is 52.2 Å². The summed E-state index contributed by atoms with van der Waals surface area (Å²) in [6, 6.07) is 15.9. The van der Waals surface area contributed by atoms with Crippen molar-refractivity contribution in [1.82, 2.24) is 20.0 Å². The van der Waals surface area contributed by atoms with Crippen molar-refractivity contribution in [2.24, 2.45) is 5.92 Å². The first-order valence-corrected chi connectivity index (χ1v) is 15.3. The van der Waals surface area contributed by atoms with E-state index < -0.39 is 12.1 Å². The standard InChI is InChI=1S/C31H33N7O3.C2HF3O2/c1-19-18-32-31-34-24-5-3-4-21(15-24)6-7-23-17-25(33-29(19)36-31)8-9-26(23)35-28(39)16-22-10-12-38(13-11-22)30(40)27-14-20(2)41-37-27;3-2(4,5)1(6)7/h3-5,8-9,14-15,17-18,22H,6-7,10-13,16H2,1-2H3,(H,35,39)(H2,32,33,34,36);(H,6,7). The molecule has 2 aliphatic rings. The summed E-state index contributed by atoms with van der Waals surface area (Å²) >= 11 is 0. The number of benzene rings is 2. The molecule has 6 rings (SSSR count). The van der Waals surface area contributed by atoms with Crippen LogP contribution in [0, 0.1) is 19.8 Å². The minimum Gasteiger partial charge on any atom is -0.475 e. The van der Waals surface area contributed by atoms with Crippen molar-refractivity contribution in [3.8, 4) is 0 Å². The Morgan fingerprint density at radius 2 is 1.75 bits per heavy atom. The molecule has 0 spiro atoms. The largest absolute Gasteiger partial charge is 0.490 e. The van der Waals surface area contributed by atoms with Crippen molar-refractivity contribution in [2.45, 2.75) is 52.1 Å². The zero-order chi connectivity index (χ0) is 34.4. The molecule has 12 nitrogen and oxygen atoms in total. The highest BCUT2D eigenvalue weighted by molar-refractivity contribution is 5.93. The molecular weight excluding hydrogens is 631 g/mol. The number of halogens is 3. The van der Waals surface area contributed by atoms with E-state index in [9.17, 15) is 22.8 Å². The number of alkyl halides is 3. The molecule has 0 unspecified atom stereocenters. The quantitative estimate of drug-likeness (QED) is 0.198. The van der Waals surface area contributed by atoms with Gasteiger partial charge in [0.2, 0.25) is 11.9 Å². The van der Waals surface area contributed by atoms with Gasteiger partial charge < -0.3 is 30.5 Å². The topological polar surface area (TPSA) is 163 Å². The van der Waals surface area contributed by atoms with E-state index in [0.717, 1.165) is 59.7 Å². The van der Waals surface area contributed by atoms with Crippen LogP contribution in [-0.4, -0.2) is 62.2 Å². The third kappa shape index (κ3) is 8.86. The van der Waals surface area contributed by atoms with Gasteiger partial charge in [0.05, 0.1) is 0 Å². The van der Waals surface area contributed by atoms with Crippen LogP contribution in [0.3, 0.4) is 0 Å². The summed E-state index contributed by atoms with van der Waals surface area (Å²) in [4.78, 5) is 45.6. The number of carboxylic acid groups (broad SMARTS) is 1. The summed E-state index contributed by atoms with van der Waals surface area (Å²) in [7, 11) is 0. The number of rotatable bonds is 4. The molecule has 0 aliphatic carbocycles. The highest BCUT2D eigenvalue weighted by Crippen LogP contribution is 2.29. The Morgan fingerprint density at radius 1 is 1.02 bits per heavy atom. The van der Waals surface area contributed by atoms with E-state index in [1.165, 1.54) is 5.56 Å². The van der Waals surface area contributed by atoms with Gasteiger partial charge in [-0.3, -0.25) is 9.59 Å². The number of aromatic nitrogens is 3. The number of fused-ring (bicyclic) bond motifs is 6. The Kier molecular flexibility index (Phi) is 10.3. The van der Waals surface area contributed by atoms with E-state index in [4.69, 9.17) is 14.4 Å². The van der Waals surface area contributed by atoms with Gasteiger partial charge in [-0.15, -0.1) is 0 Å². The number of aryl methyl sites for hydroxylation is 4. The molecule has 2 amide bonds. The second kappa shape index (κ2) is 14.5. The number of carboxylic acids is 1. The van der Waals surface area contributed by atoms with Crippen molar-refractivity contribution >= 4 is 46.6 Å². The molecule has 2 aliphatic heterocycles. The summed E-state index contributed by atoms with van der Waals surface area (Å²) in [5.74, 6) is -0.795. The average molecular weight is 666 g/mol. The number of anilines is 5. The van der Waals surface area contributed by atoms with Crippen LogP contribution < -0.4 is 16.0 Å². The lowest BCUT2D eigenvalue weighted by molar-refractivity contribution is -0.192. The number of nitrogens with zero attached hydrogens (tertiary/aromatic N) is 4. The van der Waals surface area contributed by atoms with Crippen LogP contribution in [0.2, 0.25) is 0 Å². The second-order valence-electron chi connectivity index (χ2n) is 11.7. The lowest BCUT2D eigenvalue weighted by atomic mass is 9.93. The normalized spacial score (nSPS) is 14.5. The van der Waals surface area contributed by atoms with Crippen LogP contribution in [-0.2, 0) is 22.4 Å². The number of piperidine rings is 1. The number of hydrogen-bond donors (Lipinski definition) is 4. The maximum Gasteiger partial charge on any atom is 0.490 e. The average Bonchev–Trinajstić information content (AvgIpc) is 3.48. The number of carbonyl (C=O) groups is 3. The summed E-state index contributed by atoms with van der Waals surface area (Å²) < 4.78 is 36.8. The highest BCUT2D eigenvalue weighted by atomic mass is 19.4. The molecule has 4 N–H and O–H groups in total. The number of nitrogens with one attached hydrogen (secondary N) is 3. The van der Waals surface area contributed by atoms with E-state index in [1.54, 1.807) is 24.1 Å². The van der Waals surface area contributed by atoms with Crippen molar-refractivity contribution in [3.05, 3.63) is 82.9 Å². The van der Waals surface area contributed by atoms with Gasteiger partial charge in [-0.2, -0.15) is 18.2 Å². The zero-order valence-electron chi connectivity index (χ0n) is 26.2. The summed E-state index contributed by atoms with van der Waals surface area (Å²) in [6.07, 6.45) is 0.260. The van der Waals surface area contributed by atoms with Crippen LogP contribution >= 0.6 is 0 Å². The molecule has 15 heteroatoms. The zero-order valence-corrected chi connectivity index (χ0v) is 26.2. The van der Waals surface area contributed by atoms with E-state index >= 15 is 0 Å². The first-order chi connectivity index (χ1) is 22.8. The van der Waals surface area contributed by atoms with E-state index in [-0.39, 0.29) is 17.7 Å². The van der Waals surface area contributed by atoms with Crippen LogP contribution in [0.5, 0.6) is 0 Å².